The van der Waals surface area contributed by atoms with Crippen LogP contribution < -0.4 is 11.5 Å². The molecule has 0 aliphatic heterocycles. The fraction of sp³-hybridized carbons (Fsp3) is 0.143. The molecule has 0 aromatic heterocycles. The van der Waals surface area contributed by atoms with Gasteiger partial charge in [-0.15, -0.1) is 24.8 Å². The van der Waals surface area contributed by atoms with E-state index in [0.29, 0.717) is 5.56 Å². The van der Waals surface area contributed by atoms with Gasteiger partial charge in [-0.1, -0.05) is 0 Å². The third kappa shape index (κ3) is 3.18. The maximum Gasteiger partial charge on any atom is 0.180 e. The summed E-state index contributed by atoms with van der Waals surface area (Å²) in [7, 11) is 0. The van der Waals surface area contributed by atoms with Crippen molar-refractivity contribution in [2.24, 2.45) is 5.73 Å². The maximum absolute atomic E-state index is 9.03. The first-order chi connectivity index (χ1) is 5.15. The highest BCUT2D eigenvalue weighted by atomic mass is 35.5. The highest BCUT2D eigenvalue weighted by Crippen LogP contribution is 2.31. The second kappa shape index (κ2) is 5.75. The summed E-state index contributed by atoms with van der Waals surface area (Å²) in [5.41, 5.74) is 11.5. The largest absolute Gasteiger partial charge is 0.504 e. The van der Waals surface area contributed by atoms with Gasteiger partial charge in [0.1, 0.15) is 0 Å². The molecule has 0 aliphatic rings. The van der Waals surface area contributed by atoms with E-state index in [2.05, 4.69) is 0 Å². The zero-order chi connectivity index (χ0) is 8.43. The summed E-state index contributed by atoms with van der Waals surface area (Å²) in [6, 6.07) is 2.90. The molecule has 0 heterocycles. The van der Waals surface area contributed by atoms with E-state index in [1.165, 1.54) is 12.1 Å². The first-order valence-electron chi connectivity index (χ1n) is 3.15. The Morgan fingerprint density at radius 3 is 2.08 bits per heavy atom. The summed E-state index contributed by atoms with van der Waals surface area (Å²) in [5.74, 6) is -0.521. The van der Waals surface area contributed by atoms with Crippen molar-refractivity contribution in [3.05, 3.63) is 17.7 Å². The molecular weight excluding hydrogens is 215 g/mol. The molecule has 1 aromatic rings. The molecule has 0 fully saturated rings. The summed E-state index contributed by atoms with van der Waals surface area (Å²) >= 11 is 0. The molecule has 0 radical (unpaired) electrons. The van der Waals surface area contributed by atoms with E-state index in [4.69, 9.17) is 21.7 Å². The molecule has 1 aromatic carbocycles. The minimum absolute atomic E-state index is 0. The molecule has 0 aliphatic carbocycles. The van der Waals surface area contributed by atoms with Crippen molar-refractivity contribution in [2.75, 3.05) is 5.73 Å². The molecule has 0 saturated heterocycles. The van der Waals surface area contributed by atoms with Crippen LogP contribution in [0.15, 0.2) is 12.1 Å². The van der Waals surface area contributed by atoms with Gasteiger partial charge in [0.05, 0.1) is 5.69 Å². The second-order valence-corrected chi connectivity index (χ2v) is 2.26. The normalized spacial score (nSPS) is 8.38. The molecule has 76 valence electrons. The first-order valence-corrected chi connectivity index (χ1v) is 3.15. The lowest BCUT2D eigenvalue weighted by atomic mass is 10.2. The van der Waals surface area contributed by atoms with Crippen molar-refractivity contribution < 1.29 is 10.2 Å². The van der Waals surface area contributed by atoms with Crippen LogP contribution in [0.3, 0.4) is 0 Å². The van der Waals surface area contributed by atoms with Crippen molar-refractivity contribution in [1.82, 2.24) is 0 Å². The van der Waals surface area contributed by atoms with Gasteiger partial charge in [-0.3, -0.25) is 0 Å². The van der Waals surface area contributed by atoms with E-state index in [1.54, 1.807) is 0 Å². The monoisotopic (exact) mass is 226 g/mol. The number of phenolic OH excluding ortho intramolecular Hbond substituents is 2. The van der Waals surface area contributed by atoms with Crippen LogP contribution in [0.4, 0.5) is 5.69 Å². The van der Waals surface area contributed by atoms with Crippen LogP contribution in [0, 0.1) is 0 Å². The van der Waals surface area contributed by atoms with Gasteiger partial charge >= 0.3 is 0 Å². The zero-order valence-electron chi connectivity index (χ0n) is 6.73. The third-order valence-corrected chi connectivity index (χ3v) is 1.41. The van der Waals surface area contributed by atoms with E-state index < -0.39 is 0 Å². The third-order valence-electron chi connectivity index (χ3n) is 1.41. The van der Waals surface area contributed by atoms with Crippen molar-refractivity contribution in [3.8, 4) is 11.5 Å². The van der Waals surface area contributed by atoms with Crippen LogP contribution in [0.5, 0.6) is 11.5 Å². The lowest BCUT2D eigenvalue weighted by Crippen LogP contribution is -1.97. The van der Waals surface area contributed by atoms with Crippen LogP contribution in [0.1, 0.15) is 5.56 Å². The highest BCUT2D eigenvalue weighted by molar-refractivity contribution is 5.85. The highest BCUT2D eigenvalue weighted by Gasteiger charge is 2.04. The molecule has 0 amide bonds. The molecule has 0 saturated carbocycles. The van der Waals surface area contributed by atoms with Gasteiger partial charge in [0.25, 0.3) is 0 Å². The number of hydrogen-bond acceptors (Lipinski definition) is 4. The summed E-state index contributed by atoms with van der Waals surface area (Å²) in [6.07, 6.45) is 0. The van der Waals surface area contributed by atoms with Crippen LogP contribution >= 0.6 is 24.8 Å². The van der Waals surface area contributed by atoms with E-state index >= 15 is 0 Å². The Balaban J connectivity index is 0. The number of nitrogen functional groups attached to an aromatic ring is 1. The summed E-state index contributed by atoms with van der Waals surface area (Å²) < 4.78 is 0. The van der Waals surface area contributed by atoms with Crippen molar-refractivity contribution in [2.45, 2.75) is 6.54 Å². The van der Waals surface area contributed by atoms with Gasteiger partial charge in [0.15, 0.2) is 11.5 Å². The Kier molecular flexibility index (Phi) is 6.48. The Morgan fingerprint density at radius 1 is 1.15 bits per heavy atom. The van der Waals surface area contributed by atoms with E-state index in [0.717, 1.165) is 0 Å². The van der Waals surface area contributed by atoms with Gasteiger partial charge in [-0.25, -0.2) is 0 Å². The Labute approximate surface area is 88.4 Å². The Hall–Kier alpha value is -0.840. The number of nitrogens with two attached hydrogens (primary N) is 2. The minimum Gasteiger partial charge on any atom is -0.504 e. The van der Waals surface area contributed by atoms with Gasteiger partial charge in [-0.2, -0.15) is 0 Å². The topological polar surface area (TPSA) is 92.5 Å². The fourth-order valence-corrected chi connectivity index (χ4v) is 0.819. The smallest absolute Gasteiger partial charge is 0.180 e. The SMILES string of the molecule is Cl.Cl.NCc1cc(N)c(O)c(O)c1. The van der Waals surface area contributed by atoms with E-state index in [-0.39, 0.29) is 48.5 Å². The lowest BCUT2D eigenvalue weighted by molar-refractivity contribution is 0.405. The number of benzene rings is 1. The van der Waals surface area contributed by atoms with Crippen LogP contribution in [0.25, 0.3) is 0 Å². The molecule has 4 nitrogen and oxygen atoms in total. The number of phenols is 2. The van der Waals surface area contributed by atoms with Gasteiger partial charge in [-0.05, 0) is 17.7 Å². The summed E-state index contributed by atoms with van der Waals surface area (Å²) in [4.78, 5) is 0. The standard InChI is InChI=1S/C7H10N2O2.2ClH/c8-3-4-1-5(9)7(11)6(10)2-4;;/h1-2,10-11H,3,8-9H2;2*1H. The van der Waals surface area contributed by atoms with Crippen LogP contribution in [0.2, 0.25) is 0 Å². The zero-order valence-corrected chi connectivity index (χ0v) is 8.36. The van der Waals surface area contributed by atoms with Crippen LogP contribution in [-0.2, 0) is 6.54 Å². The molecule has 0 bridgehead atoms. The average molecular weight is 227 g/mol. The van der Waals surface area contributed by atoms with Gasteiger partial charge < -0.3 is 21.7 Å². The predicted octanol–water partition coefficient (Wildman–Crippen LogP) is 0.982. The molecule has 6 heteroatoms. The quantitative estimate of drug-likeness (QED) is 0.425. The second-order valence-electron chi connectivity index (χ2n) is 2.26. The number of rotatable bonds is 1. The van der Waals surface area contributed by atoms with Crippen molar-refractivity contribution in [3.63, 3.8) is 0 Å². The maximum atomic E-state index is 9.03. The van der Waals surface area contributed by atoms with Gasteiger partial charge in [0, 0.05) is 6.54 Å². The lowest BCUT2D eigenvalue weighted by Gasteiger charge is -2.03. The Morgan fingerprint density at radius 2 is 1.69 bits per heavy atom. The molecule has 6 N–H and O–H groups in total. The predicted molar refractivity (Wildman–Crippen MR) is 56.6 cm³/mol. The summed E-state index contributed by atoms with van der Waals surface area (Å²) in [6.45, 7) is 0.290. The minimum atomic E-state index is -0.290. The molecule has 0 atom stereocenters. The number of aromatic hydroxyl groups is 2. The van der Waals surface area contributed by atoms with E-state index in [1.807, 2.05) is 0 Å². The van der Waals surface area contributed by atoms with Crippen molar-refractivity contribution >= 4 is 30.5 Å². The van der Waals surface area contributed by atoms with E-state index in [9.17, 15) is 0 Å². The number of hydrogen-bond donors (Lipinski definition) is 4. The number of halogens is 2. The van der Waals surface area contributed by atoms with Crippen LogP contribution in [-0.4, -0.2) is 10.2 Å². The van der Waals surface area contributed by atoms with Crippen molar-refractivity contribution in [1.29, 1.82) is 0 Å². The Bertz CT molecular complexity index is 258. The van der Waals surface area contributed by atoms with Gasteiger partial charge in [0.2, 0.25) is 0 Å². The molecule has 0 unspecified atom stereocenters. The fourth-order valence-electron chi connectivity index (χ4n) is 0.819. The molecule has 0 spiro atoms. The molecule has 13 heavy (non-hydrogen) atoms. The summed E-state index contributed by atoms with van der Waals surface area (Å²) in [5, 5.41) is 18.0. The number of anilines is 1. The molecular formula is C7H12Cl2N2O2. The average Bonchev–Trinajstić information content (AvgIpc) is 1.99. The first kappa shape index (κ1) is 14.7. The molecule has 1 rings (SSSR count).